The lowest BCUT2D eigenvalue weighted by Crippen LogP contribution is -1.95. The molecule has 1 aliphatic carbocycles. The van der Waals surface area contributed by atoms with E-state index in [1.54, 1.807) is 0 Å². The van der Waals surface area contributed by atoms with E-state index in [0.717, 1.165) is 6.42 Å². The lowest BCUT2D eigenvalue weighted by atomic mass is 9.96. The second kappa shape index (κ2) is 2.67. The van der Waals surface area contributed by atoms with Crippen LogP contribution in [0.5, 0.6) is 0 Å². The van der Waals surface area contributed by atoms with Crippen LogP contribution in [0.4, 0.5) is 0 Å². The summed E-state index contributed by atoms with van der Waals surface area (Å²) in [4.78, 5) is 0. The molecule has 1 unspecified atom stereocenters. The molecule has 0 heterocycles. The van der Waals surface area contributed by atoms with E-state index in [0.29, 0.717) is 5.92 Å². The van der Waals surface area contributed by atoms with Crippen molar-refractivity contribution >= 4 is 0 Å². The van der Waals surface area contributed by atoms with Crippen LogP contribution in [0.2, 0.25) is 0 Å². The minimum atomic E-state index is 0.579. The van der Waals surface area contributed by atoms with Gasteiger partial charge in [0.05, 0.1) is 0 Å². The second-order valence-corrected chi connectivity index (χ2v) is 2.50. The fraction of sp³-hybridized carbons (Fsp3) is 0.333. The summed E-state index contributed by atoms with van der Waals surface area (Å²) in [5.41, 5.74) is 1.45. The fourth-order valence-electron chi connectivity index (χ4n) is 1.03. The normalized spacial score (nSPS) is 25.4. The first-order valence-electron chi connectivity index (χ1n) is 3.29. The Morgan fingerprint density at radius 1 is 1.78 bits per heavy atom. The molecule has 0 aromatic heterocycles. The molecular weight excluding hydrogens is 108 g/mol. The molecule has 0 saturated heterocycles. The molecule has 0 N–H and O–H groups in total. The Kier molecular flexibility index (Phi) is 1.88. The van der Waals surface area contributed by atoms with Gasteiger partial charge >= 0.3 is 0 Å². The quantitative estimate of drug-likeness (QED) is 0.467. The SMILES string of the molecule is C=CC1C=CC=C(C)C1. The minimum Gasteiger partial charge on any atom is -0.102 e. The molecule has 0 radical (unpaired) electrons. The summed E-state index contributed by atoms with van der Waals surface area (Å²) < 4.78 is 0. The molecule has 0 aromatic carbocycles. The molecule has 0 nitrogen and oxygen atoms in total. The second-order valence-electron chi connectivity index (χ2n) is 2.50. The largest absolute Gasteiger partial charge is 0.102 e. The van der Waals surface area contributed by atoms with Crippen molar-refractivity contribution in [3.05, 3.63) is 36.5 Å². The van der Waals surface area contributed by atoms with Gasteiger partial charge in [-0.1, -0.05) is 29.9 Å². The van der Waals surface area contributed by atoms with Crippen molar-refractivity contribution < 1.29 is 0 Å². The summed E-state index contributed by atoms with van der Waals surface area (Å²) in [7, 11) is 0. The van der Waals surface area contributed by atoms with Gasteiger partial charge in [0.25, 0.3) is 0 Å². The monoisotopic (exact) mass is 120 g/mol. The van der Waals surface area contributed by atoms with E-state index in [2.05, 4.69) is 31.7 Å². The van der Waals surface area contributed by atoms with Crippen molar-refractivity contribution in [2.24, 2.45) is 5.92 Å². The fourth-order valence-corrected chi connectivity index (χ4v) is 1.03. The summed E-state index contributed by atoms with van der Waals surface area (Å²) in [5.74, 6) is 0.579. The molecule has 48 valence electrons. The van der Waals surface area contributed by atoms with E-state index < -0.39 is 0 Å². The topological polar surface area (TPSA) is 0 Å². The van der Waals surface area contributed by atoms with Crippen molar-refractivity contribution in [1.29, 1.82) is 0 Å². The molecule has 1 aliphatic rings. The smallest absolute Gasteiger partial charge is 0.00159 e. The van der Waals surface area contributed by atoms with Crippen LogP contribution >= 0.6 is 0 Å². The molecule has 0 bridgehead atoms. The van der Waals surface area contributed by atoms with Crippen molar-refractivity contribution in [3.8, 4) is 0 Å². The van der Waals surface area contributed by atoms with Crippen LogP contribution in [0, 0.1) is 5.92 Å². The van der Waals surface area contributed by atoms with E-state index in [-0.39, 0.29) is 0 Å². The first kappa shape index (κ1) is 6.34. The number of rotatable bonds is 1. The Labute approximate surface area is 56.6 Å². The number of hydrogen-bond donors (Lipinski definition) is 0. The summed E-state index contributed by atoms with van der Waals surface area (Å²) in [6.45, 7) is 5.89. The minimum absolute atomic E-state index is 0.579. The first-order chi connectivity index (χ1) is 4.33. The predicted molar refractivity (Wildman–Crippen MR) is 41.2 cm³/mol. The van der Waals surface area contributed by atoms with Gasteiger partial charge in [-0.3, -0.25) is 0 Å². The van der Waals surface area contributed by atoms with Gasteiger partial charge in [-0.2, -0.15) is 0 Å². The summed E-state index contributed by atoms with van der Waals surface area (Å²) in [6.07, 6.45) is 9.58. The van der Waals surface area contributed by atoms with Crippen molar-refractivity contribution in [2.45, 2.75) is 13.3 Å². The lowest BCUT2D eigenvalue weighted by Gasteiger charge is -2.10. The highest BCUT2D eigenvalue weighted by Crippen LogP contribution is 2.17. The molecule has 0 amide bonds. The average Bonchev–Trinajstić information content (AvgIpc) is 1.88. The Bertz CT molecular complexity index is 161. The van der Waals surface area contributed by atoms with E-state index in [1.165, 1.54) is 5.57 Å². The lowest BCUT2D eigenvalue weighted by molar-refractivity contribution is 0.785. The molecule has 0 aromatic rings. The van der Waals surface area contributed by atoms with Crippen LogP contribution in [0.25, 0.3) is 0 Å². The van der Waals surface area contributed by atoms with Crippen molar-refractivity contribution in [1.82, 2.24) is 0 Å². The third-order valence-corrected chi connectivity index (χ3v) is 1.60. The molecule has 1 rings (SSSR count). The molecule has 1 atom stereocenters. The maximum Gasteiger partial charge on any atom is -0.00159 e. The molecule has 0 saturated carbocycles. The van der Waals surface area contributed by atoms with Crippen LogP contribution in [0.15, 0.2) is 36.5 Å². The van der Waals surface area contributed by atoms with Crippen molar-refractivity contribution in [2.75, 3.05) is 0 Å². The highest BCUT2D eigenvalue weighted by molar-refractivity contribution is 5.20. The van der Waals surface area contributed by atoms with Gasteiger partial charge in [0.1, 0.15) is 0 Å². The molecule has 0 fully saturated rings. The van der Waals surface area contributed by atoms with Gasteiger partial charge in [-0.15, -0.1) is 6.58 Å². The summed E-state index contributed by atoms with van der Waals surface area (Å²) in [6, 6.07) is 0. The molecule has 0 heteroatoms. The molecular formula is C9H12. The van der Waals surface area contributed by atoms with Gasteiger partial charge in [-0.05, 0) is 19.3 Å². The summed E-state index contributed by atoms with van der Waals surface area (Å²) in [5, 5.41) is 0. The Balaban J connectivity index is 2.61. The van der Waals surface area contributed by atoms with Crippen LogP contribution in [0.3, 0.4) is 0 Å². The van der Waals surface area contributed by atoms with E-state index in [1.807, 2.05) is 6.08 Å². The maximum absolute atomic E-state index is 3.74. The Morgan fingerprint density at radius 2 is 2.56 bits per heavy atom. The summed E-state index contributed by atoms with van der Waals surface area (Å²) >= 11 is 0. The first-order valence-corrected chi connectivity index (χ1v) is 3.29. The third-order valence-electron chi connectivity index (χ3n) is 1.60. The van der Waals surface area contributed by atoms with Gasteiger partial charge in [0.15, 0.2) is 0 Å². The van der Waals surface area contributed by atoms with Crippen LogP contribution < -0.4 is 0 Å². The van der Waals surface area contributed by atoms with Crippen LogP contribution in [0.1, 0.15) is 13.3 Å². The van der Waals surface area contributed by atoms with E-state index in [9.17, 15) is 0 Å². The zero-order valence-corrected chi connectivity index (χ0v) is 5.80. The van der Waals surface area contributed by atoms with Gasteiger partial charge in [-0.25, -0.2) is 0 Å². The highest BCUT2D eigenvalue weighted by atomic mass is 14.1. The standard InChI is InChI=1S/C9H12/c1-3-9-6-4-5-8(2)7-9/h3-6,9H,1,7H2,2H3. The number of allylic oxidation sites excluding steroid dienone is 5. The third kappa shape index (κ3) is 1.56. The van der Waals surface area contributed by atoms with Crippen LogP contribution in [-0.2, 0) is 0 Å². The van der Waals surface area contributed by atoms with Gasteiger partial charge in [0, 0.05) is 0 Å². The van der Waals surface area contributed by atoms with Gasteiger partial charge in [0.2, 0.25) is 0 Å². The van der Waals surface area contributed by atoms with Crippen molar-refractivity contribution in [3.63, 3.8) is 0 Å². The zero-order valence-electron chi connectivity index (χ0n) is 5.80. The molecule has 0 spiro atoms. The highest BCUT2D eigenvalue weighted by Gasteiger charge is 2.02. The molecule has 0 aliphatic heterocycles. The van der Waals surface area contributed by atoms with Crippen LogP contribution in [-0.4, -0.2) is 0 Å². The molecule has 9 heavy (non-hydrogen) atoms. The zero-order chi connectivity index (χ0) is 6.69. The van der Waals surface area contributed by atoms with Gasteiger partial charge < -0.3 is 0 Å². The number of hydrogen-bond acceptors (Lipinski definition) is 0. The predicted octanol–water partition coefficient (Wildman–Crippen LogP) is 2.69. The maximum atomic E-state index is 3.74. The Hall–Kier alpha value is -0.780. The van der Waals surface area contributed by atoms with E-state index >= 15 is 0 Å². The average molecular weight is 120 g/mol. The van der Waals surface area contributed by atoms with E-state index in [4.69, 9.17) is 0 Å². The Morgan fingerprint density at radius 3 is 3.00 bits per heavy atom.